The van der Waals surface area contributed by atoms with Gasteiger partial charge in [-0.3, -0.25) is 10.1 Å². The van der Waals surface area contributed by atoms with Gasteiger partial charge in [-0.1, -0.05) is 32.8 Å². The average Bonchev–Trinajstić information content (AvgIpc) is 2.38. The van der Waals surface area contributed by atoms with E-state index in [-0.39, 0.29) is 10.6 Å². The molecule has 1 aromatic carbocycles. The molecule has 0 aliphatic rings. The number of nitro groups is 1. The van der Waals surface area contributed by atoms with Crippen LogP contribution in [0.15, 0.2) is 22.7 Å². The molecule has 0 aliphatic heterocycles. The lowest BCUT2D eigenvalue weighted by Gasteiger charge is -2.22. The normalized spacial score (nSPS) is 12.7. The summed E-state index contributed by atoms with van der Waals surface area (Å²) in [6.45, 7) is 7.21. The SMILES string of the molecule is CCC(CC)C(C)NCc1ccc(Br)c([N+](=O)[O-])c1. The highest BCUT2D eigenvalue weighted by Gasteiger charge is 2.15. The van der Waals surface area contributed by atoms with Crippen molar-refractivity contribution in [2.75, 3.05) is 0 Å². The van der Waals surface area contributed by atoms with Crippen LogP contribution in [0.25, 0.3) is 0 Å². The molecule has 0 aliphatic carbocycles. The van der Waals surface area contributed by atoms with Crippen molar-refractivity contribution in [3.05, 3.63) is 38.3 Å². The summed E-state index contributed by atoms with van der Waals surface area (Å²) in [5, 5.41) is 14.3. The number of benzene rings is 1. The summed E-state index contributed by atoms with van der Waals surface area (Å²) < 4.78 is 0.522. The van der Waals surface area contributed by atoms with Crippen LogP contribution in [-0.4, -0.2) is 11.0 Å². The second-order valence-corrected chi connectivity index (χ2v) is 5.64. The predicted octanol–water partition coefficient (Wildman–Crippen LogP) is 4.27. The smallest absolute Gasteiger partial charge is 0.283 e. The summed E-state index contributed by atoms with van der Waals surface area (Å²) in [4.78, 5) is 10.5. The number of rotatable bonds is 7. The molecule has 0 spiro atoms. The van der Waals surface area contributed by atoms with Crippen molar-refractivity contribution < 1.29 is 4.92 Å². The second-order valence-electron chi connectivity index (χ2n) is 4.79. The number of halogens is 1. The molecule has 1 N–H and O–H groups in total. The number of nitrogens with one attached hydrogen (secondary N) is 1. The van der Waals surface area contributed by atoms with Crippen LogP contribution in [0.5, 0.6) is 0 Å². The van der Waals surface area contributed by atoms with E-state index in [0.29, 0.717) is 23.0 Å². The van der Waals surface area contributed by atoms with Crippen LogP contribution in [-0.2, 0) is 6.54 Å². The summed E-state index contributed by atoms with van der Waals surface area (Å²) in [7, 11) is 0. The minimum atomic E-state index is -0.363. The maximum absolute atomic E-state index is 10.9. The third kappa shape index (κ3) is 4.58. The van der Waals surface area contributed by atoms with Crippen LogP contribution in [0, 0.1) is 16.0 Å². The Labute approximate surface area is 122 Å². The number of nitro benzene ring substituents is 1. The Morgan fingerprint density at radius 2 is 2.00 bits per heavy atom. The zero-order chi connectivity index (χ0) is 14.4. The molecule has 0 saturated carbocycles. The van der Waals surface area contributed by atoms with Crippen molar-refractivity contribution in [1.82, 2.24) is 5.32 Å². The van der Waals surface area contributed by atoms with Crippen LogP contribution in [0.4, 0.5) is 5.69 Å². The van der Waals surface area contributed by atoms with Crippen molar-refractivity contribution >= 4 is 21.6 Å². The number of hydrogen-bond acceptors (Lipinski definition) is 3. The molecule has 1 unspecified atom stereocenters. The zero-order valence-electron chi connectivity index (χ0n) is 11.6. The quantitative estimate of drug-likeness (QED) is 0.600. The fourth-order valence-corrected chi connectivity index (χ4v) is 2.64. The molecule has 4 nitrogen and oxygen atoms in total. The molecule has 1 rings (SSSR count). The third-order valence-electron chi connectivity index (χ3n) is 3.59. The number of nitrogens with zero attached hydrogens (tertiary/aromatic N) is 1. The monoisotopic (exact) mass is 328 g/mol. The Balaban J connectivity index is 2.68. The molecule has 1 aromatic rings. The molecule has 106 valence electrons. The predicted molar refractivity (Wildman–Crippen MR) is 81.2 cm³/mol. The highest BCUT2D eigenvalue weighted by Crippen LogP contribution is 2.25. The van der Waals surface area contributed by atoms with Crippen molar-refractivity contribution in [2.24, 2.45) is 5.92 Å². The van der Waals surface area contributed by atoms with Gasteiger partial charge < -0.3 is 5.32 Å². The van der Waals surface area contributed by atoms with E-state index in [4.69, 9.17) is 0 Å². The minimum absolute atomic E-state index is 0.120. The molecule has 0 amide bonds. The Bertz CT molecular complexity index is 433. The Morgan fingerprint density at radius 1 is 1.37 bits per heavy atom. The minimum Gasteiger partial charge on any atom is -0.310 e. The molecule has 19 heavy (non-hydrogen) atoms. The summed E-state index contributed by atoms with van der Waals surface area (Å²) in [5.74, 6) is 0.644. The lowest BCUT2D eigenvalue weighted by molar-refractivity contribution is -0.385. The van der Waals surface area contributed by atoms with Crippen LogP contribution in [0.1, 0.15) is 39.2 Å². The van der Waals surface area contributed by atoms with Gasteiger partial charge in [0.15, 0.2) is 0 Å². The van der Waals surface area contributed by atoms with Crippen LogP contribution in [0.2, 0.25) is 0 Å². The molecular formula is C14H21BrN2O2. The second kappa shape index (κ2) is 7.60. The Kier molecular flexibility index (Phi) is 6.45. The highest BCUT2D eigenvalue weighted by molar-refractivity contribution is 9.10. The Morgan fingerprint density at radius 3 is 2.53 bits per heavy atom. The van der Waals surface area contributed by atoms with Crippen molar-refractivity contribution in [1.29, 1.82) is 0 Å². The van der Waals surface area contributed by atoms with Gasteiger partial charge in [0.1, 0.15) is 0 Å². The van der Waals surface area contributed by atoms with E-state index in [1.165, 1.54) is 0 Å². The van der Waals surface area contributed by atoms with Gasteiger partial charge in [0.2, 0.25) is 0 Å². The zero-order valence-corrected chi connectivity index (χ0v) is 13.2. The molecule has 0 fully saturated rings. The maximum Gasteiger partial charge on any atom is 0.283 e. The van der Waals surface area contributed by atoms with Gasteiger partial charge in [-0.2, -0.15) is 0 Å². The van der Waals surface area contributed by atoms with Gasteiger partial charge in [0.25, 0.3) is 5.69 Å². The molecule has 5 heteroatoms. The van der Waals surface area contributed by atoms with Gasteiger partial charge >= 0.3 is 0 Å². The summed E-state index contributed by atoms with van der Waals surface area (Å²) in [5.41, 5.74) is 1.06. The van der Waals surface area contributed by atoms with Crippen LogP contribution in [0.3, 0.4) is 0 Å². The first-order valence-electron chi connectivity index (χ1n) is 6.65. The average molecular weight is 329 g/mol. The summed E-state index contributed by atoms with van der Waals surface area (Å²) >= 11 is 3.19. The molecule has 0 saturated heterocycles. The van der Waals surface area contributed by atoms with Crippen LogP contribution < -0.4 is 5.32 Å². The number of hydrogen-bond donors (Lipinski definition) is 1. The summed E-state index contributed by atoms with van der Waals surface area (Å²) in [6.07, 6.45) is 2.29. The highest BCUT2D eigenvalue weighted by atomic mass is 79.9. The molecule has 0 radical (unpaired) electrons. The standard InChI is InChI=1S/C14H21BrN2O2/c1-4-12(5-2)10(3)16-9-11-6-7-13(15)14(8-11)17(18)19/h6-8,10,12,16H,4-5,9H2,1-3H3. The van der Waals surface area contributed by atoms with E-state index in [0.717, 1.165) is 18.4 Å². The van der Waals surface area contributed by atoms with E-state index >= 15 is 0 Å². The van der Waals surface area contributed by atoms with Crippen LogP contribution >= 0.6 is 15.9 Å². The van der Waals surface area contributed by atoms with E-state index in [1.54, 1.807) is 12.1 Å². The molecular weight excluding hydrogens is 308 g/mol. The fourth-order valence-electron chi connectivity index (χ4n) is 2.25. The summed E-state index contributed by atoms with van der Waals surface area (Å²) in [6, 6.07) is 5.68. The van der Waals surface area contributed by atoms with Crippen molar-refractivity contribution in [3.63, 3.8) is 0 Å². The lowest BCUT2D eigenvalue weighted by Crippen LogP contribution is -2.32. The van der Waals surface area contributed by atoms with Gasteiger partial charge in [-0.25, -0.2) is 0 Å². The van der Waals surface area contributed by atoms with E-state index in [1.807, 2.05) is 6.07 Å². The fraction of sp³-hybridized carbons (Fsp3) is 0.571. The first kappa shape index (κ1) is 16.1. The Hall–Kier alpha value is -0.940. The molecule has 0 heterocycles. The first-order valence-corrected chi connectivity index (χ1v) is 7.45. The van der Waals surface area contributed by atoms with E-state index in [9.17, 15) is 10.1 Å². The lowest BCUT2D eigenvalue weighted by atomic mass is 9.95. The molecule has 0 aromatic heterocycles. The van der Waals surface area contributed by atoms with Gasteiger partial charge in [-0.15, -0.1) is 0 Å². The van der Waals surface area contributed by atoms with Crippen molar-refractivity contribution in [2.45, 2.75) is 46.2 Å². The molecule has 1 atom stereocenters. The molecule has 0 bridgehead atoms. The third-order valence-corrected chi connectivity index (χ3v) is 4.26. The largest absolute Gasteiger partial charge is 0.310 e. The van der Waals surface area contributed by atoms with Gasteiger partial charge in [0.05, 0.1) is 9.40 Å². The van der Waals surface area contributed by atoms with Crippen molar-refractivity contribution in [3.8, 4) is 0 Å². The van der Waals surface area contributed by atoms with E-state index in [2.05, 4.69) is 42.0 Å². The maximum atomic E-state index is 10.9. The van der Waals surface area contributed by atoms with Gasteiger partial charge in [-0.05, 0) is 40.4 Å². The van der Waals surface area contributed by atoms with E-state index < -0.39 is 0 Å². The first-order chi connectivity index (χ1) is 8.99. The topological polar surface area (TPSA) is 55.2 Å². The van der Waals surface area contributed by atoms with Gasteiger partial charge in [0, 0.05) is 18.7 Å².